The second-order valence-corrected chi connectivity index (χ2v) is 4.62. The van der Waals surface area contributed by atoms with Crippen LogP contribution in [0.3, 0.4) is 0 Å². The summed E-state index contributed by atoms with van der Waals surface area (Å²) >= 11 is 0. The van der Waals surface area contributed by atoms with Gasteiger partial charge in [0.25, 0.3) is 5.91 Å². The Labute approximate surface area is 109 Å². The van der Waals surface area contributed by atoms with E-state index in [1.165, 1.54) is 37.4 Å². The highest BCUT2D eigenvalue weighted by Gasteiger charge is 2.37. The molecule has 5 N–H and O–H groups in total. The lowest BCUT2D eigenvalue weighted by Gasteiger charge is -2.31. The van der Waals surface area contributed by atoms with Gasteiger partial charge in [-0.15, -0.1) is 0 Å². The van der Waals surface area contributed by atoms with Crippen LogP contribution in [0.5, 0.6) is 0 Å². The Morgan fingerprint density at radius 1 is 1.58 bits per heavy atom. The summed E-state index contributed by atoms with van der Waals surface area (Å²) in [5.41, 5.74) is 9.70. The highest BCUT2D eigenvalue weighted by molar-refractivity contribution is 5.97. The van der Waals surface area contributed by atoms with E-state index in [1.807, 2.05) is 0 Å². The molecular weight excluding hydrogens is 249 g/mol. The lowest BCUT2D eigenvalue weighted by molar-refractivity contribution is 0.0995. The lowest BCUT2D eigenvalue weighted by Crippen LogP contribution is -2.46. The Bertz CT molecular complexity index is 593. The molecule has 1 heterocycles. The minimum absolute atomic E-state index is 0.0746. The molecule has 2 rings (SSSR count). The van der Waals surface area contributed by atoms with Crippen LogP contribution in [0, 0.1) is 0 Å². The molecule has 1 aromatic rings. The fourth-order valence-electron chi connectivity index (χ4n) is 1.97. The molecule has 1 aliphatic carbocycles. The Hall–Kier alpha value is -2.21. The highest BCUT2D eigenvalue weighted by atomic mass is 19.1. The largest absolute Gasteiger partial charge is 0.508 e. The summed E-state index contributed by atoms with van der Waals surface area (Å²) in [5.74, 6) is -1.08. The number of amides is 1. The number of nitrogens with two attached hydrogens (primary N) is 2. The Balaban J connectivity index is 2.64. The molecule has 100 valence electrons. The maximum Gasteiger partial charge on any atom is 0.267 e. The van der Waals surface area contributed by atoms with Gasteiger partial charge in [0.15, 0.2) is 6.17 Å². The summed E-state index contributed by atoms with van der Waals surface area (Å²) < 4.78 is 14.4. The first-order valence-corrected chi connectivity index (χ1v) is 5.65. The van der Waals surface area contributed by atoms with Crippen molar-refractivity contribution < 1.29 is 14.3 Å². The highest BCUT2D eigenvalue weighted by Crippen LogP contribution is 2.35. The molecule has 0 fully saturated rings. The van der Waals surface area contributed by atoms with Gasteiger partial charge in [0.1, 0.15) is 11.5 Å². The van der Waals surface area contributed by atoms with Gasteiger partial charge in [-0.2, -0.15) is 0 Å². The molecule has 0 radical (unpaired) electrons. The van der Waals surface area contributed by atoms with E-state index in [-0.39, 0.29) is 22.6 Å². The summed E-state index contributed by atoms with van der Waals surface area (Å²) in [6, 6.07) is 3.00. The number of hydrogen-bond acceptors (Lipinski definition) is 4. The van der Waals surface area contributed by atoms with Gasteiger partial charge >= 0.3 is 0 Å². The number of hydrogen-bond donors (Lipinski definition) is 3. The van der Waals surface area contributed by atoms with E-state index in [4.69, 9.17) is 11.5 Å². The van der Waals surface area contributed by atoms with Gasteiger partial charge in [0.05, 0.1) is 5.54 Å². The first-order valence-electron chi connectivity index (χ1n) is 5.65. The Morgan fingerprint density at radius 2 is 2.26 bits per heavy atom. The van der Waals surface area contributed by atoms with Crippen molar-refractivity contribution in [1.29, 1.82) is 0 Å². The van der Waals surface area contributed by atoms with E-state index in [0.29, 0.717) is 0 Å². The fourth-order valence-corrected chi connectivity index (χ4v) is 1.97. The molecule has 2 atom stereocenters. The van der Waals surface area contributed by atoms with Gasteiger partial charge in [-0.05, 0) is 19.1 Å². The van der Waals surface area contributed by atoms with Crippen molar-refractivity contribution in [2.45, 2.75) is 18.6 Å². The average Bonchev–Trinajstić information content (AvgIpc) is 2.35. The third-order valence-electron chi connectivity index (χ3n) is 3.01. The molecule has 0 bridgehead atoms. The number of rotatable bonds is 2. The van der Waals surface area contributed by atoms with Gasteiger partial charge in [-0.3, -0.25) is 9.78 Å². The molecule has 0 saturated heterocycles. The van der Waals surface area contributed by atoms with Gasteiger partial charge in [-0.25, -0.2) is 4.39 Å². The SMILES string of the molecule is CC1(N)C=CC(O)=C(c2cccnc2C(N)=O)C1F. The molecule has 5 nitrogen and oxygen atoms in total. The molecule has 1 aliphatic rings. The van der Waals surface area contributed by atoms with E-state index >= 15 is 0 Å². The Kier molecular flexibility index (Phi) is 3.11. The molecule has 0 spiro atoms. The van der Waals surface area contributed by atoms with Crippen LogP contribution in [0.15, 0.2) is 36.2 Å². The van der Waals surface area contributed by atoms with Crippen LogP contribution in [0.4, 0.5) is 4.39 Å². The average molecular weight is 263 g/mol. The molecule has 1 aromatic heterocycles. The van der Waals surface area contributed by atoms with Gasteiger partial charge in [-0.1, -0.05) is 12.1 Å². The van der Waals surface area contributed by atoms with E-state index in [2.05, 4.69) is 4.98 Å². The normalized spacial score (nSPS) is 26.6. The quantitative estimate of drug-likeness (QED) is 0.742. The monoisotopic (exact) mass is 263 g/mol. The predicted octanol–water partition coefficient (Wildman–Crippen LogP) is 1.07. The predicted molar refractivity (Wildman–Crippen MR) is 68.9 cm³/mol. The zero-order valence-corrected chi connectivity index (χ0v) is 10.3. The van der Waals surface area contributed by atoms with Crippen LogP contribution in [0.2, 0.25) is 0 Å². The van der Waals surface area contributed by atoms with Crippen LogP contribution < -0.4 is 11.5 Å². The number of alkyl halides is 1. The van der Waals surface area contributed by atoms with Crippen molar-refractivity contribution in [2.75, 3.05) is 0 Å². The topological polar surface area (TPSA) is 102 Å². The number of aromatic nitrogens is 1. The first-order chi connectivity index (χ1) is 8.84. The molecule has 0 aromatic carbocycles. The maximum atomic E-state index is 14.4. The van der Waals surface area contributed by atoms with Gasteiger partial charge in [0.2, 0.25) is 0 Å². The number of pyridine rings is 1. The zero-order valence-electron chi connectivity index (χ0n) is 10.3. The minimum Gasteiger partial charge on any atom is -0.508 e. The number of halogens is 1. The summed E-state index contributed by atoms with van der Waals surface area (Å²) in [4.78, 5) is 15.1. The molecule has 19 heavy (non-hydrogen) atoms. The number of allylic oxidation sites excluding steroid dienone is 1. The summed E-state index contributed by atoms with van der Waals surface area (Å²) in [7, 11) is 0. The Morgan fingerprint density at radius 3 is 2.89 bits per heavy atom. The maximum absolute atomic E-state index is 14.4. The molecule has 6 heteroatoms. The molecular formula is C13H14FN3O2. The van der Waals surface area contributed by atoms with Crippen molar-refractivity contribution in [3.8, 4) is 0 Å². The number of primary amides is 1. The third-order valence-corrected chi connectivity index (χ3v) is 3.01. The lowest BCUT2D eigenvalue weighted by atomic mass is 9.82. The summed E-state index contributed by atoms with van der Waals surface area (Å²) in [5, 5.41) is 9.85. The van der Waals surface area contributed by atoms with E-state index in [9.17, 15) is 14.3 Å². The van der Waals surface area contributed by atoms with Crippen LogP contribution in [0.25, 0.3) is 5.57 Å². The fraction of sp³-hybridized carbons (Fsp3) is 0.231. The first kappa shape index (κ1) is 13.2. The molecule has 0 saturated carbocycles. The molecule has 2 unspecified atom stereocenters. The third kappa shape index (κ3) is 2.22. The van der Waals surface area contributed by atoms with Crippen LogP contribution >= 0.6 is 0 Å². The zero-order chi connectivity index (χ0) is 14.2. The summed E-state index contributed by atoms with van der Waals surface area (Å²) in [6.45, 7) is 1.49. The van der Waals surface area contributed by atoms with Crippen molar-refractivity contribution >= 4 is 11.5 Å². The molecule has 0 aliphatic heterocycles. The van der Waals surface area contributed by atoms with E-state index in [0.717, 1.165) is 0 Å². The minimum atomic E-state index is -1.67. The second-order valence-electron chi connectivity index (χ2n) is 4.62. The van der Waals surface area contributed by atoms with Gasteiger partial charge < -0.3 is 16.6 Å². The smallest absolute Gasteiger partial charge is 0.267 e. The standard InChI is InChI=1S/C13H14FN3O2/c1-13(16)5-4-8(18)9(11(13)14)7-3-2-6-17-10(7)12(15)19/h2-6,11,18H,16H2,1H3,(H2,15,19). The van der Waals surface area contributed by atoms with Crippen molar-refractivity contribution in [3.05, 3.63) is 47.5 Å². The van der Waals surface area contributed by atoms with Gasteiger partial charge in [0, 0.05) is 17.3 Å². The number of carbonyl (C=O) groups is 1. The number of aliphatic hydroxyl groups excluding tert-OH is 1. The summed E-state index contributed by atoms with van der Waals surface area (Å²) in [6.07, 6.45) is 2.38. The van der Waals surface area contributed by atoms with Crippen molar-refractivity contribution in [1.82, 2.24) is 4.98 Å². The number of aliphatic hydroxyl groups is 1. The van der Waals surface area contributed by atoms with Crippen LogP contribution in [-0.2, 0) is 0 Å². The van der Waals surface area contributed by atoms with E-state index < -0.39 is 17.6 Å². The second kappa shape index (κ2) is 4.47. The van der Waals surface area contributed by atoms with Crippen molar-refractivity contribution in [2.24, 2.45) is 11.5 Å². The van der Waals surface area contributed by atoms with E-state index in [1.54, 1.807) is 0 Å². The van der Waals surface area contributed by atoms with Crippen molar-refractivity contribution in [3.63, 3.8) is 0 Å². The number of nitrogens with zero attached hydrogens (tertiary/aromatic N) is 1. The van der Waals surface area contributed by atoms with Crippen LogP contribution in [0.1, 0.15) is 23.0 Å². The molecule has 1 amide bonds. The number of carbonyl (C=O) groups excluding carboxylic acids is 1. The van der Waals surface area contributed by atoms with Crippen LogP contribution in [-0.4, -0.2) is 27.7 Å².